The highest BCUT2D eigenvalue weighted by Crippen LogP contribution is 2.32. The predicted molar refractivity (Wildman–Crippen MR) is 93.3 cm³/mol. The third-order valence-corrected chi connectivity index (χ3v) is 5.41. The summed E-state index contributed by atoms with van der Waals surface area (Å²) >= 11 is 0. The maximum atomic E-state index is 12.7. The van der Waals surface area contributed by atoms with Crippen molar-refractivity contribution >= 4 is 17.8 Å². The number of piperidine rings is 1. The van der Waals surface area contributed by atoms with Crippen molar-refractivity contribution in [1.29, 1.82) is 0 Å². The number of ether oxygens (including phenoxy) is 1. The van der Waals surface area contributed by atoms with E-state index in [-0.39, 0.29) is 23.7 Å². The largest absolute Gasteiger partial charge is 0.472 e. The number of furan rings is 1. The van der Waals surface area contributed by atoms with E-state index in [1.54, 1.807) is 17.9 Å². The van der Waals surface area contributed by atoms with Crippen molar-refractivity contribution < 1.29 is 23.5 Å². The summed E-state index contributed by atoms with van der Waals surface area (Å²) in [5, 5.41) is 2.99. The maximum absolute atomic E-state index is 12.7. The molecule has 0 spiro atoms. The minimum absolute atomic E-state index is 0.0728. The monoisotopic (exact) mass is 362 g/mol. The van der Waals surface area contributed by atoms with Crippen molar-refractivity contribution in [3.05, 3.63) is 24.2 Å². The molecule has 0 atom stereocenters. The lowest BCUT2D eigenvalue weighted by Crippen LogP contribution is -2.56. The summed E-state index contributed by atoms with van der Waals surface area (Å²) in [5.74, 6) is -0.680. The van der Waals surface area contributed by atoms with Gasteiger partial charge in [0.2, 0.25) is 5.91 Å². The van der Waals surface area contributed by atoms with E-state index >= 15 is 0 Å². The van der Waals surface area contributed by atoms with Crippen LogP contribution in [0.1, 0.15) is 55.8 Å². The molecule has 7 nitrogen and oxygen atoms in total. The lowest BCUT2D eigenvalue weighted by molar-refractivity contribution is -0.153. The summed E-state index contributed by atoms with van der Waals surface area (Å²) in [5.41, 5.74) is -0.336. The molecule has 0 radical (unpaired) electrons. The Hall–Kier alpha value is -2.31. The van der Waals surface area contributed by atoms with Crippen LogP contribution in [0.25, 0.3) is 0 Å². The molecule has 0 bridgehead atoms. The number of nitrogens with zero attached hydrogens (tertiary/aromatic N) is 1. The molecule has 2 amide bonds. The molecule has 1 N–H and O–H groups in total. The highest BCUT2D eigenvalue weighted by molar-refractivity contribution is 5.94. The van der Waals surface area contributed by atoms with E-state index < -0.39 is 5.54 Å². The lowest BCUT2D eigenvalue weighted by atomic mass is 9.92. The normalized spacial score (nSPS) is 20.0. The van der Waals surface area contributed by atoms with E-state index in [4.69, 9.17) is 9.15 Å². The van der Waals surface area contributed by atoms with Gasteiger partial charge in [-0.1, -0.05) is 12.8 Å². The van der Waals surface area contributed by atoms with Crippen molar-refractivity contribution in [3.8, 4) is 0 Å². The number of carbonyl (C=O) groups is 3. The summed E-state index contributed by atoms with van der Waals surface area (Å²) < 4.78 is 10.1. The zero-order valence-corrected chi connectivity index (χ0v) is 15.2. The Morgan fingerprint density at radius 2 is 1.96 bits per heavy atom. The van der Waals surface area contributed by atoms with Gasteiger partial charge < -0.3 is 19.4 Å². The van der Waals surface area contributed by atoms with Gasteiger partial charge in [0.25, 0.3) is 5.91 Å². The minimum Gasteiger partial charge on any atom is -0.472 e. The fraction of sp³-hybridized carbons (Fsp3) is 0.632. The van der Waals surface area contributed by atoms with E-state index in [9.17, 15) is 14.4 Å². The zero-order valence-electron chi connectivity index (χ0n) is 15.2. The van der Waals surface area contributed by atoms with Crippen molar-refractivity contribution in [2.45, 2.75) is 51.0 Å². The SMILES string of the molecule is CCOC(=O)C1(NC(=O)C2CCN(C(=O)c3ccoc3)CC2)CCCC1. The van der Waals surface area contributed by atoms with E-state index in [0.29, 0.717) is 50.9 Å². The van der Waals surface area contributed by atoms with Crippen LogP contribution in [0.15, 0.2) is 23.0 Å². The number of carbonyl (C=O) groups excluding carboxylic acids is 3. The Morgan fingerprint density at radius 3 is 2.54 bits per heavy atom. The molecular formula is C19H26N2O5. The summed E-state index contributed by atoms with van der Waals surface area (Å²) in [6.45, 7) is 3.13. The Balaban J connectivity index is 1.56. The molecule has 2 fully saturated rings. The number of esters is 1. The molecule has 1 saturated carbocycles. The van der Waals surface area contributed by atoms with E-state index in [1.165, 1.54) is 12.5 Å². The van der Waals surface area contributed by atoms with Crippen LogP contribution in [-0.2, 0) is 14.3 Å². The Kier molecular flexibility index (Phi) is 5.64. The maximum Gasteiger partial charge on any atom is 0.331 e. The molecule has 0 unspecified atom stereocenters. The van der Waals surface area contributed by atoms with Crippen LogP contribution < -0.4 is 5.32 Å². The molecule has 7 heteroatoms. The van der Waals surface area contributed by atoms with Gasteiger partial charge in [0.05, 0.1) is 18.4 Å². The van der Waals surface area contributed by atoms with Crippen LogP contribution in [0.5, 0.6) is 0 Å². The number of nitrogens with one attached hydrogen (secondary N) is 1. The van der Waals surface area contributed by atoms with Gasteiger partial charge in [0.1, 0.15) is 11.8 Å². The van der Waals surface area contributed by atoms with E-state index in [1.807, 2.05) is 0 Å². The first-order chi connectivity index (χ1) is 12.6. The van der Waals surface area contributed by atoms with Gasteiger partial charge in [-0.2, -0.15) is 0 Å². The standard InChI is InChI=1S/C19H26N2O5/c1-2-26-18(24)19(8-3-4-9-19)20-16(22)14-5-10-21(11-6-14)17(23)15-7-12-25-13-15/h7,12-14H,2-6,8-11H2,1H3,(H,20,22). The van der Waals surface area contributed by atoms with Gasteiger partial charge >= 0.3 is 5.97 Å². The number of hydrogen-bond donors (Lipinski definition) is 1. The van der Waals surface area contributed by atoms with Crippen molar-refractivity contribution in [2.75, 3.05) is 19.7 Å². The second kappa shape index (κ2) is 7.93. The quantitative estimate of drug-likeness (QED) is 0.811. The Bertz CT molecular complexity index is 641. The smallest absolute Gasteiger partial charge is 0.331 e. The van der Waals surface area contributed by atoms with Crippen molar-refractivity contribution in [1.82, 2.24) is 10.2 Å². The predicted octanol–water partition coefficient (Wildman–Crippen LogP) is 2.12. The number of likely N-dealkylation sites (tertiary alicyclic amines) is 1. The number of hydrogen-bond acceptors (Lipinski definition) is 5. The molecule has 2 heterocycles. The Labute approximate surface area is 153 Å². The summed E-state index contributed by atoms with van der Waals surface area (Å²) in [4.78, 5) is 39.2. The third kappa shape index (κ3) is 3.76. The molecular weight excluding hydrogens is 336 g/mol. The van der Waals surface area contributed by atoms with Gasteiger partial charge in [0.15, 0.2) is 0 Å². The first-order valence-corrected chi connectivity index (χ1v) is 9.36. The highest BCUT2D eigenvalue weighted by Gasteiger charge is 2.45. The topological polar surface area (TPSA) is 88.9 Å². The molecule has 1 aliphatic carbocycles. The fourth-order valence-electron chi connectivity index (χ4n) is 3.88. The number of amides is 2. The highest BCUT2D eigenvalue weighted by atomic mass is 16.5. The molecule has 0 aromatic carbocycles. The fourth-order valence-corrected chi connectivity index (χ4v) is 3.88. The first kappa shape index (κ1) is 18.5. The second-order valence-electron chi connectivity index (χ2n) is 7.08. The zero-order chi connectivity index (χ0) is 18.6. The average molecular weight is 362 g/mol. The van der Waals surface area contributed by atoms with Crippen LogP contribution >= 0.6 is 0 Å². The molecule has 26 heavy (non-hydrogen) atoms. The number of rotatable bonds is 5. The van der Waals surface area contributed by atoms with Gasteiger partial charge in [-0.25, -0.2) is 4.79 Å². The van der Waals surface area contributed by atoms with Crippen LogP contribution in [0.2, 0.25) is 0 Å². The molecule has 1 aromatic rings. The molecule has 1 aromatic heterocycles. The van der Waals surface area contributed by atoms with Crippen LogP contribution in [0.4, 0.5) is 0 Å². The minimum atomic E-state index is -0.864. The second-order valence-corrected chi connectivity index (χ2v) is 7.08. The van der Waals surface area contributed by atoms with E-state index in [0.717, 1.165) is 12.8 Å². The van der Waals surface area contributed by atoms with Gasteiger partial charge in [-0.15, -0.1) is 0 Å². The average Bonchev–Trinajstić information content (AvgIpc) is 3.34. The summed E-state index contributed by atoms with van der Waals surface area (Å²) in [6.07, 6.45) is 7.19. The van der Waals surface area contributed by atoms with Crippen molar-refractivity contribution in [3.63, 3.8) is 0 Å². The Morgan fingerprint density at radius 1 is 1.27 bits per heavy atom. The molecule has 142 valence electrons. The molecule has 2 aliphatic rings. The van der Waals surface area contributed by atoms with Crippen LogP contribution in [0.3, 0.4) is 0 Å². The van der Waals surface area contributed by atoms with Crippen LogP contribution in [-0.4, -0.2) is 47.9 Å². The molecule has 3 rings (SSSR count). The van der Waals surface area contributed by atoms with Gasteiger partial charge in [-0.05, 0) is 38.7 Å². The first-order valence-electron chi connectivity index (χ1n) is 9.36. The van der Waals surface area contributed by atoms with Gasteiger partial charge in [-0.3, -0.25) is 9.59 Å². The summed E-state index contributed by atoms with van der Waals surface area (Å²) in [6, 6.07) is 1.64. The molecule has 1 aliphatic heterocycles. The van der Waals surface area contributed by atoms with Crippen LogP contribution in [0, 0.1) is 5.92 Å². The lowest BCUT2D eigenvalue weighted by Gasteiger charge is -2.34. The molecule has 1 saturated heterocycles. The summed E-state index contributed by atoms with van der Waals surface area (Å²) in [7, 11) is 0. The van der Waals surface area contributed by atoms with Gasteiger partial charge in [0, 0.05) is 19.0 Å². The van der Waals surface area contributed by atoms with E-state index in [2.05, 4.69) is 5.32 Å². The van der Waals surface area contributed by atoms with Crippen molar-refractivity contribution in [2.24, 2.45) is 5.92 Å². The third-order valence-electron chi connectivity index (χ3n) is 5.41.